The molecular formula is C11H11F3N2O4. The van der Waals surface area contributed by atoms with Crippen LogP contribution in [0.5, 0.6) is 0 Å². The summed E-state index contributed by atoms with van der Waals surface area (Å²) < 4.78 is 43.7. The van der Waals surface area contributed by atoms with Gasteiger partial charge in [-0.15, -0.1) is 0 Å². The van der Waals surface area contributed by atoms with Gasteiger partial charge in [0, 0.05) is 11.4 Å². The standard InChI is InChI=1S/C11H11F3N2O4/c1-19-9(17)15-7-2-4-8(5-3-7)16-10(18)20-6-11(12,13)14/h2-5H,6H2,1H3,(H,15,17)(H,16,18). The van der Waals surface area contributed by atoms with E-state index in [2.05, 4.69) is 20.1 Å². The number of halogens is 3. The van der Waals surface area contributed by atoms with E-state index < -0.39 is 25.0 Å². The second-order valence-corrected chi connectivity index (χ2v) is 3.51. The zero-order valence-corrected chi connectivity index (χ0v) is 10.3. The van der Waals surface area contributed by atoms with E-state index >= 15 is 0 Å². The largest absolute Gasteiger partial charge is 0.453 e. The average Bonchev–Trinajstić information content (AvgIpc) is 2.38. The highest BCUT2D eigenvalue weighted by Gasteiger charge is 2.29. The molecule has 0 saturated heterocycles. The minimum atomic E-state index is -4.58. The Balaban J connectivity index is 2.49. The first-order valence-corrected chi connectivity index (χ1v) is 5.26. The Morgan fingerprint density at radius 3 is 1.90 bits per heavy atom. The van der Waals surface area contributed by atoms with Crippen LogP contribution in [0.15, 0.2) is 24.3 Å². The molecule has 110 valence electrons. The Morgan fingerprint density at radius 2 is 1.50 bits per heavy atom. The van der Waals surface area contributed by atoms with Gasteiger partial charge in [-0.2, -0.15) is 13.2 Å². The number of hydrogen-bond acceptors (Lipinski definition) is 4. The molecule has 6 nitrogen and oxygen atoms in total. The van der Waals surface area contributed by atoms with Crippen molar-refractivity contribution in [3.05, 3.63) is 24.3 Å². The molecule has 20 heavy (non-hydrogen) atoms. The predicted molar refractivity (Wildman–Crippen MR) is 63.5 cm³/mol. The van der Waals surface area contributed by atoms with Crippen LogP contribution < -0.4 is 10.6 Å². The third kappa shape index (κ3) is 5.94. The SMILES string of the molecule is COC(=O)Nc1ccc(NC(=O)OCC(F)(F)F)cc1. The molecule has 1 aromatic carbocycles. The lowest BCUT2D eigenvalue weighted by molar-refractivity contribution is -0.159. The molecule has 0 atom stereocenters. The van der Waals surface area contributed by atoms with Gasteiger partial charge in [0.1, 0.15) is 0 Å². The van der Waals surface area contributed by atoms with Crippen molar-refractivity contribution in [2.45, 2.75) is 6.18 Å². The number of benzene rings is 1. The van der Waals surface area contributed by atoms with Crippen molar-refractivity contribution in [3.8, 4) is 0 Å². The number of nitrogens with one attached hydrogen (secondary N) is 2. The fourth-order valence-corrected chi connectivity index (χ4v) is 1.11. The number of alkyl halides is 3. The van der Waals surface area contributed by atoms with Gasteiger partial charge in [0.25, 0.3) is 0 Å². The highest BCUT2D eigenvalue weighted by atomic mass is 19.4. The van der Waals surface area contributed by atoms with Crippen molar-refractivity contribution in [2.24, 2.45) is 0 Å². The van der Waals surface area contributed by atoms with Crippen molar-refractivity contribution in [3.63, 3.8) is 0 Å². The first kappa shape index (κ1) is 15.6. The summed E-state index contributed by atoms with van der Waals surface area (Å²) in [5.41, 5.74) is 0.610. The number of anilines is 2. The minimum Gasteiger partial charge on any atom is -0.453 e. The summed E-state index contributed by atoms with van der Waals surface area (Å²) in [5, 5.41) is 4.47. The van der Waals surface area contributed by atoms with Gasteiger partial charge in [0.05, 0.1) is 7.11 Å². The highest BCUT2D eigenvalue weighted by Crippen LogP contribution is 2.16. The number of rotatable bonds is 3. The number of hydrogen-bond donors (Lipinski definition) is 2. The van der Waals surface area contributed by atoms with Gasteiger partial charge in [-0.3, -0.25) is 10.6 Å². The second kappa shape index (κ2) is 6.64. The van der Waals surface area contributed by atoms with Gasteiger partial charge in [-0.1, -0.05) is 0 Å². The van der Waals surface area contributed by atoms with E-state index in [1.54, 1.807) is 0 Å². The smallest absolute Gasteiger partial charge is 0.422 e. The zero-order valence-electron chi connectivity index (χ0n) is 10.3. The average molecular weight is 292 g/mol. The van der Waals surface area contributed by atoms with Crippen LogP contribution in [0.3, 0.4) is 0 Å². The van der Waals surface area contributed by atoms with Crippen molar-refractivity contribution in [2.75, 3.05) is 24.4 Å². The Kier molecular flexibility index (Phi) is 5.18. The van der Waals surface area contributed by atoms with E-state index in [1.165, 1.54) is 31.4 Å². The van der Waals surface area contributed by atoms with Crippen LogP contribution >= 0.6 is 0 Å². The molecule has 0 unspecified atom stereocenters. The summed E-state index contributed by atoms with van der Waals surface area (Å²) in [6.45, 7) is -1.67. The lowest BCUT2D eigenvalue weighted by Crippen LogP contribution is -2.23. The molecule has 0 heterocycles. The van der Waals surface area contributed by atoms with Crippen molar-refractivity contribution in [1.82, 2.24) is 0 Å². The molecule has 0 aliphatic rings. The molecule has 0 bridgehead atoms. The van der Waals surface area contributed by atoms with E-state index in [9.17, 15) is 22.8 Å². The number of carbonyl (C=O) groups is 2. The Morgan fingerprint density at radius 1 is 1.05 bits per heavy atom. The Bertz CT molecular complexity index is 474. The fourth-order valence-electron chi connectivity index (χ4n) is 1.11. The summed E-state index contributed by atoms with van der Waals surface area (Å²) in [5.74, 6) is 0. The van der Waals surface area contributed by atoms with Crippen molar-refractivity contribution >= 4 is 23.6 Å². The normalized spacial score (nSPS) is 10.6. The predicted octanol–water partition coefficient (Wildman–Crippen LogP) is 2.98. The molecule has 9 heteroatoms. The van der Waals surface area contributed by atoms with Gasteiger partial charge in [-0.05, 0) is 24.3 Å². The first-order valence-electron chi connectivity index (χ1n) is 5.26. The van der Waals surface area contributed by atoms with E-state index in [-0.39, 0.29) is 5.69 Å². The number of ether oxygens (including phenoxy) is 2. The van der Waals surface area contributed by atoms with Gasteiger partial charge < -0.3 is 9.47 Å². The highest BCUT2D eigenvalue weighted by molar-refractivity contribution is 5.87. The van der Waals surface area contributed by atoms with Crippen LogP contribution in [-0.4, -0.2) is 32.1 Å². The van der Waals surface area contributed by atoms with E-state index in [4.69, 9.17) is 0 Å². The molecule has 2 N–H and O–H groups in total. The minimum absolute atomic E-state index is 0.215. The molecular weight excluding hydrogens is 281 g/mol. The summed E-state index contributed by atoms with van der Waals surface area (Å²) in [6, 6.07) is 5.60. The van der Waals surface area contributed by atoms with Crippen molar-refractivity contribution in [1.29, 1.82) is 0 Å². The maximum atomic E-state index is 11.8. The molecule has 0 saturated carbocycles. The quantitative estimate of drug-likeness (QED) is 0.898. The monoisotopic (exact) mass is 292 g/mol. The third-order valence-corrected chi connectivity index (χ3v) is 1.93. The molecule has 1 aromatic rings. The lowest BCUT2D eigenvalue weighted by atomic mass is 10.3. The maximum absolute atomic E-state index is 11.8. The zero-order chi connectivity index (χ0) is 15.2. The topological polar surface area (TPSA) is 76.7 Å². The summed E-state index contributed by atoms with van der Waals surface area (Å²) in [7, 11) is 1.20. The van der Waals surface area contributed by atoms with Crippen LogP contribution in [0.1, 0.15) is 0 Å². The Labute approximate surface area is 111 Å². The second-order valence-electron chi connectivity index (χ2n) is 3.51. The molecule has 0 radical (unpaired) electrons. The van der Waals surface area contributed by atoms with Crippen LogP contribution in [-0.2, 0) is 9.47 Å². The van der Waals surface area contributed by atoms with Gasteiger partial charge in [0.2, 0.25) is 0 Å². The van der Waals surface area contributed by atoms with E-state index in [0.717, 1.165) is 0 Å². The molecule has 0 aliphatic heterocycles. The summed E-state index contributed by atoms with van der Waals surface area (Å²) in [4.78, 5) is 21.9. The van der Waals surface area contributed by atoms with Crippen LogP contribution in [0, 0.1) is 0 Å². The van der Waals surface area contributed by atoms with E-state index in [0.29, 0.717) is 5.69 Å². The van der Waals surface area contributed by atoms with Crippen LogP contribution in [0.25, 0.3) is 0 Å². The van der Waals surface area contributed by atoms with Crippen LogP contribution in [0.2, 0.25) is 0 Å². The molecule has 0 aromatic heterocycles. The summed E-state index contributed by atoms with van der Waals surface area (Å²) in [6.07, 6.45) is -6.47. The summed E-state index contributed by atoms with van der Waals surface area (Å²) >= 11 is 0. The van der Waals surface area contributed by atoms with Crippen molar-refractivity contribution < 1.29 is 32.2 Å². The fraction of sp³-hybridized carbons (Fsp3) is 0.273. The maximum Gasteiger partial charge on any atom is 0.422 e. The van der Waals surface area contributed by atoms with Gasteiger partial charge in [-0.25, -0.2) is 9.59 Å². The number of carbonyl (C=O) groups excluding carboxylic acids is 2. The molecule has 2 amide bonds. The third-order valence-electron chi connectivity index (χ3n) is 1.93. The Hall–Kier alpha value is -2.45. The molecule has 0 spiro atoms. The van der Waals surface area contributed by atoms with E-state index in [1.807, 2.05) is 0 Å². The number of amides is 2. The van der Waals surface area contributed by atoms with Gasteiger partial charge >= 0.3 is 18.4 Å². The van der Waals surface area contributed by atoms with Gasteiger partial charge in [0.15, 0.2) is 6.61 Å². The molecule has 1 rings (SSSR count). The molecule has 0 fully saturated rings. The van der Waals surface area contributed by atoms with Crippen LogP contribution in [0.4, 0.5) is 34.1 Å². The lowest BCUT2D eigenvalue weighted by Gasteiger charge is -2.09. The molecule has 0 aliphatic carbocycles. The first-order chi connectivity index (χ1) is 9.30. The number of methoxy groups -OCH3 is 1.